The predicted molar refractivity (Wildman–Crippen MR) is 109 cm³/mol. The molecule has 5 nitrogen and oxygen atoms in total. The van der Waals surface area contributed by atoms with Gasteiger partial charge in [0.2, 0.25) is 11.8 Å². The number of rotatable bonds is 5. The predicted octanol–water partition coefficient (Wildman–Crippen LogP) is 3.81. The van der Waals surface area contributed by atoms with E-state index in [1.807, 2.05) is 13.8 Å². The van der Waals surface area contributed by atoms with Crippen molar-refractivity contribution in [1.82, 2.24) is 5.32 Å². The smallest absolute Gasteiger partial charge is 0.233 e. The molecule has 5 rings (SSSR count). The van der Waals surface area contributed by atoms with Crippen molar-refractivity contribution in [1.29, 1.82) is 0 Å². The molecule has 3 atom stereocenters. The molecular formula is C22H29ClN2O3. The van der Waals surface area contributed by atoms with E-state index in [-0.39, 0.29) is 29.7 Å². The van der Waals surface area contributed by atoms with Gasteiger partial charge in [0.05, 0.1) is 5.60 Å². The lowest BCUT2D eigenvalue weighted by molar-refractivity contribution is -0.173. The standard InChI is InChI=1S/C22H29ClN2O3/c1-13-17(23)4-3-5-18(13)25-20(27)7-19(26)24-14(2)21-8-15-6-16(9-21)11-22(28,10-15)12-21/h3-5,14-16,28H,6-12H2,1-2H3,(H,24,26)(H,25,27). The molecule has 1 aromatic carbocycles. The van der Waals surface area contributed by atoms with Gasteiger partial charge in [-0.25, -0.2) is 0 Å². The van der Waals surface area contributed by atoms with Crippen LogP contribution in [0.4, 0.5) is 5.69 Å². The van der Waals surface area contributed by atoms with Crippen LogP contribution >= 0.6 is 11.6 Å². The first kappa shape index (κ1) is 19.7. The monoisotopic (exact) mass is 404 g/mol. The molecule has 0 radical (unpaired) electrons. The molecule has 2 amide bonds. The Morgan fingerprint density at radius 3 is 2.54 bits per heavy atom. The summed E-state index contributed by atoms with van der Waals surface area (Å²) in [6.45, 7) is 3.87. The Labute approximate surface area is 171 Å². The summed E-state index contributed by atoms with van der Waals surface area (Å²) in [5.41, 5.74) is 0.828. The first-order valence-corrected chi connectivity index (χ1v) is 10.6. The minimum absolute atomic E-state index is 0.0332. The van der Waals surface area contributed by atoms with Crippen LogP contribution in [0.2, 0.25) is 5.02 Å². The molecule has 28 heavy (non-hydrogen) atoms. The van der Waals surface area contributed by atoms with Gasteiger partial charge >= 0.3 is 0 Å². The van der Waals surface area contributed by atoms with Gasteiger partial charge in [0.25, 0.3) is 0 Å². The third-order valence-electron chi connectivity index (χ3n) is 7.23. The molecule has 0 heterocycles. The van der Waals surface area contributed by atoms with E-state index < -0.39 is 5.60 Å². The van der Waals surface area contributed by atoms with Crippen LogP contribution < -0.4 is 10.6 Å². The number of anilines is 1. The number of amides is 2. The van der Waals surface area contributed by atoms with Crippen molar-refractivity contribution < 1.29 is 14.7 Å². The molecule has 4 bridgehead atoms. The van der Waals surface area contributed by atoms with Gasteiger partial charge < -0.3 is 15.7 Å². The number of hydrogen-bond donors (Lipinski definition) is 3. The number of hydrogen-bond acceptors (Lipinski definition) is 3. The average Bonchev–Trinajstić information content (AvgIpc) is 2.56. The molecule has 152 valence electrons. The normalized spacial score (nSPS) is 34.1. The van der Waals surface area contributed by atoms with Crippen molar-refractivity contribution in [2.75, 3.05) is 5.32 Å². The van der Waals surface area contributed by atoms with Gasteiger partial charge in [0, 0.05) is 16.8 Å². The fourth-order valence-corrected chi connectivity index (χ4v) is 6.49. The molecule has 0 saturated heterocycles. The number of benzene rings is 1. The number of aliphatic hydroxyl groups is 1. The second-order valence-electron chi connectivity index (χ2n) is 9.47. The van der Waals surface area contributed by atoms with E-state index in [2.05, 4.69) is 10.6 Å². The SMILES string of the molecule is Cc1c(Cl)cccc1NC(=O)CC(=O)NC(C)C12CC3CC(CC(O)(C3)C1)C2. The van der Waals surface area contributed by atoms with E-state index in [1.165, 1.54) is 6.42 Å². The minimum Gasteiger partial charge on any atom is -0.390 e. The highest BCUT2D eigenvalue weighted by Gasteiger charge is 2.59. The van der Waals surface area contributed by atoms with Gasteiger partial charge in [0.15, 0.2) is 0 Å². The average molecular weight is 405 g/mol. The lowest BCUT2D eigenvalue weighted by Gasteiger charge is -2.62. The van der Waals surface area contributed by atoms with Crippen molar-refractivity contribution in [3.05, 3.63) is 28.8 Å². The molecule has 0 aliphatic heterocycles. The molecule has 1 aromatic rings. The van der Waals surface area contributed by atoms with Crippen molar-refractivity contribution >= 4 is 29.1 Å². The van der Waals surface area contributed by atoms with Crippen molar-refractivity contribution in [3.8, 4) is 0 Å². The molecule has 0 aromatic heterocycles. The van der Waals surface area contributed by atoms with Crippen LogP contribution in [0.3, 0.4) is 0 Å². The van der Waals surface area contributed by atoms with E-state index in [9.17, 15) is 14.7 Å². The first-order valence-electron chi connectivity index (χ1n) is 10.2. The Hall–Kier alpha value is -1.59. The molecule has 3 N–H and O–H groups in total. The Kier molecular flexibility index (Phi) is 4.95. The molecule has 4 fully saturated rings. The summed E-state index contributed by atoms with van der Waals surface area (Å²) < 4.78 is 0. The van der Waals surface area contributed by atoms with E-state index in [4.69, 9.17) is 11.6 Å². The number of carbonyl (C=O) groups excluding carboxylic acids is 2. The largest absolute Gasteiger partial charge is 0.390 e. The summed E-state index contributed by atoms with van der Waals surface area (Å²) in [6.07, 6.45) is 5.72. The zero-order valence-electron chi connectivity index (χ0n) is 16.6. The molecule has 4 aliphatic rings. The van der Waals surface area contributed by atoms with E-state index in [1.54, 1.807) is 18.2 Å². The zero-order chi connectivity index (χ0) is 20.1. The van der Waals surface area contributed by atoms with Crippen LogP contribution in [-0.2, 0) is 9.59 Å². The van der Waals surface area contributed by atoms with E-state index in [0.29, 0.717) is 22.5 Å². The maximum Gasteiger partial charge on any atom is 0.233 e. The number of nitrogens with one attached hydrogen (secondary N) is 2. The highest BCUT2D eigenvalue weighted by atomic mass is 35.5. The summed E-state index contributed by atoms with van der Waals surface area (Å²) in [6, 6.07) is 5.26. The molecule has 0 spiro atoms. The quantitative estimate of drug-likeness (QED) is 0.653. The van der Waals surface area contributed by atoms with Crippen molar-refractivity contribution in [3.63, 3.8) is 0 Å². The third kappa shape index (κ3) is 3.67. The van der Waals surface area contributed by atoms with Gasteiger partial charge in [-0.2, -0.15) is 0 Å². The first-order chi connectivity index (χ1) is 13.2. The van der Waals surface area contributed by atoms with Gasteiger partial charge in [-0.3, -0.25) is 9.59 Å². The van der Waals surface area contributed by atoms with Crippen LogP contribution in [0.1, 0.15) is 57.4 Å². The van der Waals surface area contributed by atoms with E-state index >= 15 is 0 Å². The molecule has 4 saturated carbocycles. The van der Waals surface area contributed by atoms with Crippen molar-refractivity contribution in [2.45, 2.75) is 70.4 Å². The number of carbonyl (C=O) groups is 2. The lowest BCUT2D eigenvalue weighted by atomic mass is 9.46. The minimum atomic E-state index is -0.551. The topological polar surface area (TPSA) is 78.4 Å². The highest BCUT2D eigenvalue weighted by molar-refractivity contribution is 6.31. The fraction of sp³-hybridized carbons (Fsp3) is 0.636. The Morgan fingerprint density at radius 2 is 1.89 bits per heavy atom. The van der Waals surface area contributed by atoms with Crippen LogP contribution in [0.15, 0.2) is 18.2 Å². The van der Waals surface area contributed by atoms with Crippen molar-refractivity contribution in [2.24, 2.45) is 17.3 Å². The van der Waals surface area contributed by atoms with Crippen LogP contribution in [0.5, 0.6) is 0 Å². The molecule has 3 unspecified atom stereocenters. The maximum absolute atomic E-state index is 12.5. The maximum atomic E-state index is 12.5. The molecular weight excluding hydrogens is 376 g/mol. The zero-order valence-corrected chi connectivity index (χ0v) is 17.3. The summed E-state index contributed by atoms with van der Waals surface area (Å²) in [5.74, 6) is 0.519. The Balaban J connectivity index is 1.36. The Bertz CT molecular complexity index is 795. The second kappa shape index (κ2) is 7.03. The van der Waals surface area contributed by atoms with Crippen LogP contribution in [0, 0.1) is 24.2 Å². The molecule has 4 aliphatic carbocycles. The van der Waals surface area contributed by atoms with E-state index in [0.717, 1.165) is 37.7 Å². The highest BCUT2D eigenvalue weighted by Crippen LogP contribution is 2.62. The summed E-state index contributed by atoms with van der Waals surface area (Å²) >= 11 is 6.08. The fourth-order valence-electron chi connectivity index (χ4n) is 6.32. The third-order valence-corrected chi connectivity index (χ3v) is 7.64. The summed E-state index contributed by atoms with van der Waals surface area (Å²) in [5, 5.41) is 17.3. The van der Waals surface area contributed by atoms with Gasteiger partial charge in [0.1, 0.15) is 6.42 Å². The van der Waals surface area contributed by atoms with Gasteiger partial charge in [-0.05, 0) is 87.3 Å². The van der Waals surface area contributed by atoms with Gasteiger partial charge in [-0.1, -0.05) is 17.7 Å². The lowest BCUT2D eigenvalue weighted by Crippen LogP contribution is -2.61. The van der Waals surface area contributed by atoms with Crippen LogP contribution in [0.25, 0.3) is 0 Å². The Morgan fingerprint density at radius 1 is 1.21 bits per heavy atom. The summed E-state index contributed by atoms with van der Waals surface area (Å²) in [4.78, 5) is 24.8. The van der Waals surface area contributed by atoms with Crippen LogP contribution in [-0.4, -0.2) is 28.6 Å². The molecule has 6 heteroatoms. The van der Waals surface area contributed by atoms with Gasteiger partial charge in [-0.15, -0.1) is 0 Å². The second-order valence-corrected chi connectivity index (χ2v) is 9.88. The summed E-state index contributed by atoms with van der Waals surface area (Å²) in [7, 11) is 0. The number of halogens is 1.